The van der Waals surface area contributed by atoms with Gasteiger partial charge in [0, 0.05) is 11.1 Å². The number of rotatable bonds is 3. The number of hydrogen-bond donors (Lipinski definition) is 1. The Morgan fingerprint density at radius 1 is 1.28 bits per heavy atom. The molecular weight excluding hydrogens is 242 g/mol. The van der Waals surface area contributed by atoms with Crippen molar-refractivity contribution in [3.8, 4) is 0 Å². The van der Waals surface area contributed by atoms with Crippen LogP contribution in [0.4, 0.5) is 0 Å². The van der Waals surface area contributed by atoms with Crippen LogP contribution >= 0.6 is 11.6 Å². The van der Waals surface area contributed by atoms with Crippen LogP contribution in [-0.4, -0.2) is 12.6 Å². The molecule has 0 heterocycles. The van der Waals surface area contributed by atoms with Gasteiger partial charge in [-0.25, -0.2) is 0 Å². The molecule has 1 aliphatic rings. The Balaban J connectivity index is 2.12. The van der Waals surface area contributed by atoms with Crippen molar-refractivity contribution in [1.29, 1.82) is 0 Å². The summed E-state index contributed by atoms with van der Waals surface area (Å²) in [6.07, 6.45) is 6.59. The standard InChI is InChI=1S/C16H24ClN/c1-3-18-15-7-5-4-6-13(10-15)14-9-8-12(2)16(17)11-14/h8-9,11,13,15,18H,3-7,10H2,1-2H3. The molecule has 2 heteroatoms. The van der Waals surface area contributed by atoms with Crippen LogP contribution in [0.1, 0.15) is 56.1 Å². The van der Waals surface area contributed by atoms with E-state index >= 15 is 0 Å². The molecular formula is C16H24ClN. The highest BCUT2D eigenvalue weighted by Gasteiger charge is 2.21. The van der Waals surface area contributed by atoms with Crippen molar-refractivity contribution in [2.45, 2.75) is 57.9 Å². The molecule has 2 unspecified atom stereocenters. The molecule has 1 aromatic rings. The Morgan fingerprint density at radius 2 is 2.06 bits per heavy atom. The van der Waals surface area contributed by atoms with Gasteiger partial charge in [-0.3, -0.25) is 0 Å². The molecule has 1 aliphatic carbocycles. The van der Waals surface area contributed by atoms with E-state index in [0.717, 1.165) is 11.6 Å². The van der Waals surface area contributed by atoms with Gasteiger partial charge in [0.2, 0.25) is 0 Å². The predicted molar refractivity (Wildman–Crippen MR) is 79.5 cm³/mol. The van der Waals surface area contributed by atoms with Crippen molar-refractivity contribution in [3.05, 3.63) is 34.3 Å². The van der Waals surface area contributed by atoms with Crippen LogP contribution in [0.5, 0.6) is 0 Å². The number of aryl methyl sites for hydroxylation is 1. The van der Waals surface area contributed by atoms with Gasteiger partial charge < -0.3 is 5.32 Å². The molecule has 100 valence electrons. The van der Waals surface area contributed by atoms with Gasteiger partial charge >= 0.3 is 0 Å². The van der Waals surface area contributed by atoms with Crippen molar-refractivity contribution >= 4 is 11.6 Å². The van der Waals surface area contributed by atoms with Gasteiger partial charge in [0.1, 0.15) is 0 Å². The lowest BCUT2D eigenvalue weighted by Crippen LogP contribution is -2.29. The van der Waals surface area contributed by atoms with Crippen molar-refractivity contribution in [1.82, 2.24) is 5.32 Å². The van der Waals surface area contributed by atoms with Gasteiger partial charge in [-0.1, -0.05) is 43.5 Å². The molecule has 1 aromatic carbocycles. The summed E-state index contributed by atoms with van der Waals surface area (Å²) in [5, 5.41) is 4.53. The molecule has 0 bridgehead atoms. The van der Waals surface area contributed by atoms with Crippen LogP contribution in [-0.2, 0) is 0 Å². The van der Waals surface area contributed by atoms with E-state index in [1.807, 2.05) is 0 Å². The first-order valence-electron chi connectivity index (χ1n) is 7.20. The smallest absolute Gasteiger partial charge is 0.0438 e. The zero-order chi connectivity index (χ0) is 13.0. The third-order valence-corrected chi connectivity index (χ3v) is 4.49. The van der Waals surface area contributed by atoms with E-state index in [9.17, 15) is 0 Å². The molecule has 2 rings (SSSR count). The number of halogens is 1. The summed E-state index contributed by atoms with van der Waals surface area (Å²) in [6, 6.07) is 7.28. The van der Waals surface area contributed by atoms with Gasteiger partial charge in [0.15, 0.2) is 0 Å². The van der Waals surface area contributed by atoms with Crippen molar-refractivity contribution in [2.24, 2.45) is 0 Å². The fraction of sp³-hybridized carbons (Fsp3) is 0.625. The minimum absolute atomic E-state index is 0.676. The van der Waals surface area contributed by atoms with Crippen LogP contribution < -0.4 is 5.32 Å². The van der Waals surface area contributed by atoms with E-state index in [0.29, 0.717) is 12.0 Å². The Morgan fingerprint density at radius 3 is 2.78 bits per heavy atom. The number of benzene rings is 1. The number of nitrogens with one attached hydrogen (secondary N) is 1. The Labute approximate surface area is 116 Å². The quantitative estimate of drug-likeness (QED) is 0.783. The van der Waals surface area contributed by atoms with E-state index in [1.54, 1.807) is 0 Å². The SMILES string of the molecule is CCNC1CCCCC(c2ccc(C)c(Cl)c2)C1. The molecule has 0 saturated heterocycles. The molecule has 0 radical (unpaired) electrons. The van der Waals surface area contributed by atoms with Crippen LogP contribution in [0.15, 0.2) is 18.2 Å². The van der Waals surface area contributed by atoms with Gasteiger partial charge in [0.25, 0.3) is 0 Å². The third kappa shape index (κ3) is 3.49. The maximum atomic E-state index is 6.26. The summed E-state index contributed by atoms with van der Waals surface area (Å²) in [5.74, 6) is 0.676. The highest BCUT2D eigenvalue weighted by atomic mass is 35.5. The Hall–Kier alpha value is -0.530. The van der Waals surface area contributed by atoms with Gasteiger partial charge in [-0.15, -0.1) is 0 Å². The average molecular weight is 266 g/mol. The summed E-state index contributed by atoms with van der Waals surface area (Å²) < 4.78 is 0. The maximum absolute atomic E-state index is 6.26. The molecule has 0 aliphatic heterocycles. The fourth-order valence-corrected chi connectivity index (χ4v) is 3.19. The molecule has 0 spiro atoms. The lowest BCUT2D eigenvalue weighted by Gasteiger charge is -2.21. The lowest BCUT2D eigenvalue weighted by atomic mass is 9.90. The first kappa shape index (κ1) is 13.9. The highest BCUT2D eigenvalue weighted by molar-refractivity contribution is 6.31. The largest absolute Gasteiger partial charge is 0.314 e. The topological polar surface area (TPSA) is 12.0 Å². The molecule has 1 N–H and O–H groups in total. The summed E-state index contributed by atoms with van der Waals surface area (Å²) >= 11 is 6.26. The Kier molecular flexibility index (Phi) is 5.08. The van der Waals surface area contributed by atoms with E-state index < -0.39 is 0 Å². The normalized spacial score (nSPS) is 24.8. The second kappa shape index (κ2) is 6.58. The lowest BCUT2D eigenvalue weighted by molar-refractivity contribution is 0.449. The van der Waals surface area contributed by atoms with Crippen LogP contribution in [0.3, 0.4) is 0 Å². The summed E-state index contributed by atoms with van der Waals surface area (Å²) in [4.78, 5) is 0. The van der Waals surface area contributed by atoms with Gasteiger partial charge in [0.05, 0.1) is 0 Å². The van der Waals surface area contributed by atoms with E-state index in [1.165, 1.54) is 43.2 Å². The van der Waals surface area contributed by atoms with E-state index in [-0.39, 0.29) is 0 Å². The second-order valence-electron chi connectivity index (χ2n) is 5.48. The molecule has 0 aromatic heterocycles. The maximum Gasteiger partial charge on any atom is 0.0438 e. The molecule has 1 saturated carbocycles. The van der Waals surface area contributed by atoms with Gasteiger partial charge in [-0.2, -0.15) is 0 Å². The molecule has 2 atom stereocenters. The van der Waals surface area contributed by atoms with Crippen LogP contribution in [0.2, 0.25) is 5.02 Å². The predicted octanol–water partition coefficient (Wildman–Crippen LogP) is 4.67. The molecule has 1 nitrogen and oxygen atoms in total. The summed E-state index contributed by atoms with van der Waals surface area (Å²) in [6.45, 7) is 5.34. The Bertz CT molecular complexity index is 389. The summed E-state index contributed by atoms with van der Waals surface area (Å²) in [7, 11) is 0. The minimum Gasteiger partial charge on any atom is -0.314 e. The number of hydrogen-bond acceptors (Lipinski definition) is 1. The van der Waals surface area contributed by atoms with Gasteiger partial charge in [-0.05, 0) is 55.8 Å². The summed E-state index contributed by atoms with van der Waals surface area (Å²) in [5.41, 5.74) is 2.60. The molecule has 18 heavy (non-hydrogen) atoms. The van der Waals surface area contributed by atoms with Crippen LogP contribution in [0.25, 0.3) is 0 Å². The van der Waals surface area contributed by atoms with Crippen LogP contribution in [0, 0.1) is 6.92 Å². The second-order valence-corrected chi connectivity index (χ2v) is 5.89. The first-order valence-corrected chi connectivity index (χ1v) is 7.58. The zero-order valence-corrected chi connectivity index (χ0v) is 12.3. The highest BCUT2D eigenvalue weighted by Crippen LogP contribution is 2.33. The molecule has 0 amide bonds. The fourth-order valence-electron chi connectivity index (χ4n) is 3.00. The first-order chi connectivity index (χ1) is 8.70. The average Bonchev–Trinajstić information content (AvgIpc) is 2.59. The monoisotopic (exact) mass is 265 g/mol. The van der Waals surface area contributed by atoms with E-state index in [2.05, 4.69) is 37.4 Å². The minimum atomic E-state index is 0.676. The van der Waals surface area contributed by atoms with Crippen molar-refractivity contribution in [2.75, 3.05) is 6.54 Å². The zero-order valence-electron chi connectivity index (χ0n) is 11.5. The van der Waals surface area contributed by atoms with Crippen molar-refractivity contribution < 1.29 is 0 Å². The van der Waals surface area contributed by atoms with E-state index in [4.69, 9.17) is 11.6 Å². The molecule has 1 fully saturated rings. The third-order valence-electron chi connectivity index (χ3n) is 4.08. The van der Waals surface area contributed by atoms with Crippen molar-refractivity contribution in [3.63, 3.8) is 0 Å².